The molecule has 0 radical (unpaired) electrons. The zero-order valence-corrected chi connectivity index (χ0v) is 18.7. The molecule has 35 heavy (non-hydrogen) atoms. The lowest BCUT2D eigenvalue weighted by molar-refractivity contribution is -0.389. The molecule has 4 rings (SSSR count). The number of alkyl halides is 3. The average molecular weight is 498 g/mol. The SMILES string of the molecule is O=C(CCN1CCN(Cc2ccc(OC(F)(F)F)cc2)CC1)N[C@@H]1COc2nc([N+](=O)[O-])cn2C1. The summed E-state index contributed by atoms with van der Waals surface area (Å²) in [4.78, 5) is 30.8. The van der Waals surface area contributed by atoms with Crippen molar-refractivity contribution in [1.82, 2.24) is 24.7 Å². The zero-order chi connectivity index (χ0) is 25.0. The van der Waals surface area contributed by atoms with Crippen LogP contribution in [-0.4, -0.2) is 81.9 Å². The minimum absolute atomic E-state index is 0.125. The van der Waals surface area contributed by atoms with Crippen LogP contribution < -0.4 is 14.8 Å². The Bertz CT molecular complexity index is 1040. The predicted octanol–water partition coefficient (Wildman–Crippen LogP) is 1.77. The maximum atomic E-state index is 12.4. The maximum Gasteiger partial charge on any atom is 0.573 e. The Hall–Kier alpha value is -3.39. The highest BCUT2D eigenvalue weighted by Crippen LogP contribution is 2.23. The number of nitro groups is 1. The van der Waals surface area contributed by atoms with Crippen LogP contribution in [0.25, 0.3) is 0 Å². The second-order valence-electron chi connectivity index (χ2n) is 8.43. The number of carbonyl (C=O) groups is 1. The van der Waals surface area contributed by atoms with E-state index in [0.717, 1.165) is 31.7 Å². The van der Waals surface area contributed by atoms with Crippen LogP contribution in [0.4, 0.5) is 19.0 Å². The van der Waals surface area contributed by atoms with Gasteiger partial charge in [0, 0.05) is 50.7 Å². The third-order valence-corrected chi connectivity index (χ3v) is 5.79. The van der Waals surface area contributed by atoms with Crippen molar-refractivity contribution < 1.29 is 32.4 Å². The van der Waals surface area contributed by atoms with Gasteiger partial charge in [-0.2, -0.15) is 0 Å². The van der Waals surface area contributed by atoms with Gasteiger partial charge < -0.3 is 29.8 Å². The fraction of sp³-hybridized carbons (Fsp3) is 0.524. The van der Waals surface area contributed by atoms with Gasteiger partial charge in [-0.15, -0.1) is 13.2 Å². The van der Waals surface area contributed by atoms with Crippen molar-refractivity contribution in [3.05, 3.63) is 46.1 Å². The fourth-order valence-electron chi connectivity index (χ4n) is 4.06. The fourth-order valence-corrected chi connectivity index (χ4v) is 4.06. The van der Waals surface area contributed by atoms with Gasteiger partial charge in [-0.1, -0.05) is 12.1 Å². The first-order valence-electron chi connectivity index (χ1n) is 11.1. The van der Waals surface area contributed by atoms with E-state index in [1.807, 2.05) is 0 Å². The Kier molecular flexibility index (Phi) is 7.40. The van der Waals surface area contributed by atoms with Gasteiger partial charge in [-0.3, -0.25) is 14.3 Å². The summed E-state index contributed by atoms with van der Waals surface area (Å²) in [7, 11) is 0. The second kappa shape index (κ2) is 10.5. The number of hydrogen-bond donors (Lipinski definition) is 1. The summed E-state index contributed by atoms with van der Waals surface area (Å²) < 4.78 is 47.6. The van der Waals surface area contributed by atoms with Crippen molar-refractivity contribution in [3.8, 4) is 11.8 Å². The van der Waals surface area contributed by atoms with Crippen molar-refractivity contribution in [3.63, 3.8) is 0 Å². The van der Waals surface area contributed by atoms with Crippen molar-refractivity contribution in [2.24, 2.45) is 0 Å². The Morgan fingerprint density at radius 1 is 1.20 bits per heavy atom. The molecular formula is C21H25F3N6O5. The minimum atomic E-state index is -4.70. The monoisotopic (exact) mass is 498 g/mol. The Morgan fingerprint density at radius 3 is 2.54 bits per heavy atom. The number of rotatable bonds is 8. The number of imidazole rings is 1. The first-order chi connectivity index (χ1) is 16.6. The Balaban J connectivity index is 1.14. The number of piperazine rings is 1. The minimum Gasteiger partial charge on any atom is -0.444 e. The van der Waals surface area contributed by atoms with Gasteiger partial charge in [0.2, 0.25) is 5.91 Å². The van der Waals surface area contributed by atoms with Gasteiger partial charge in [0.1, 0.15) is 18.6 Å². The molecule has 0 unspecified atom stereocenters. The first kappa shape index (κ1) is 24.7. The van der Waals surface area contributed by atoms with Gasteiger partial charge in [-0.05, 0) is 22.6 Å². The molecule has 1 saturated heterocycles. The quantitative estimate of drug-likeness (QED) is 0.433. The van der Waals surface area contributed by atoms with Crippen molar-refractivity contribution in [2.45, 2.75) is 31.9 Å². The Morgan fingerprint density at radius 2 is 1.89 bits per heavy atom. The van der Waals surface area contributed by atoms with Crippen LogP contribution in [0, 0.1) is 10.1 Å². The smallest absolute Gasteiger partial charge is 0.444 e. The van der Waals surface area contributed by atoms with E-state index in [1.54, 1.807) is 12.1 Å². The number of halogens is 3. The molecule has 0 spiro atoms. The van der Waals surface area contributed by atoms with Crippen LogP contribution >= 0.6 is 0 Å². The van der Waals surface area contributed by atoms with Gasteiger partial charge in [0.05, 0.1) is 12.6 Å². The Labute approximate surface area is 198 Å². The van der Waals surface area contributed by atoms with Crippen molar-refractivity contribution >= 4 is 11.7 Å². The molecule has 1 aromatic carbocycles. The zero-order valence-electron chi connectivity index (χ0n) is 18.7. The van der Waals surface area contributed by atoms with E-state index in [2.05, 4.69) is 24.8 Å². The molecule has 11 nitrogen and oxygen atoms in total. The number of hydrogen-bond acceptors (Lipinski definition) is 8. The summed E-state index contributed by atoms with van der Waals surface area (Å²) in [6.07, 6.45) is -3.10. The van der Waals surface area contributed by atoms with Crippen LogP contribution in [-0.2, 0) is 17.9 Å². The maximum absolute atomic E-state index is 12.4. The summed E-state index contributed by atoms with van der Waals surface area (Å²) in [5.41, 5.74) is 0.897. The van der Waals surface area contributed by atoms with Crippen LogP contribution in [0.2, 0.25) is 0 Å². The number of aromatic nitrogens is 2. The molecule has 1 atom stereocenters. The van der Waals surface area contributed by atoms with E-state index < -0.39 is 11.3 Å². The number of amides is 1. The lowest BCUT2D eigenvalue weighted by Gasteiger charge is -2.34. The molecule has 3 heterocycles. The number of carbonyl (C=O) groups excluding carboxylic acids is 1. The van der Waals surface area contributed by atoms with E-state index in [9.17, 15) is 28.1 Å². The molecule has 190 valence electrons. The molecule has 14 heteroatoms. The van der Waals surface area contributed by atoms with Gasteiger partial charge in [0.15, 0.2) is 0 Å². The summed E-state index contributed by atoms with van der Waals surface area (Å²) in [5.74, 6) is -0.658. The molecule has 2 aromatic rings. The molecule has 0 aliphatic carbocycles. The highest BCUT2D eigenvalue weighted by Gasteiger charge is 2.31. The number of nitrogens with one attached hydrogen (secondary N) is 1. The molecule has 2 aliphatic rings. The summed E-state index contributed by atoms with van der Waals surface area (Å²) >= 11 is 0. The topological polar surface area (TPSA) is 115 Å². The lowest BCUT2D eigenvalue weighted by atomic mass is 10.2. The highest BCUT2D eigenvalue weighted by molar-refractivity contribution is 5.76. The number of ether oxygens (including phenoxy) is 2. The first-order valence-corrected chi connectivity index (χ1v) is 11.1. The van der Waals surface area contributed by atoms with E-state index in [1.165, 1.54) is 22.9 Å². The molecule has 0 saturated carbocycles. The van der Waals surface area contributed by atoms with E-state index in [0.29, 0.717) is 26.1 Å². The normalized spacial score (nSPS) is 19.0. The molecule has 1 amide bonds. The van der Waals surface area contributed by atoms with E-state index in [4.69, 9.17) is 4.74 Å². The lowest BCUT2D eigenvalue weighted by Crippen LogP contribution is -2.48. The van der Waals surface area contributed by atoms with Crippen molar-refractivity contribution in [2.75, 3.05) is 39.3 Å². The predicted molar refractivity (Wildman–Crippen MR) is 116 cm³/mol. The van der Waals surface area contributed by atoms with Crippen LogP contribution in [0.15, 0.2) is 30.5 Å². The third kappa shape index (κ3) is 7.05. The van der Waals surface area contributed by atoms with Crippen LogP contribution in [0.1, 0.15) is 12.0 Å². The summed E-state index contributed by atoms with van der Waals surface area (Å²) in [6.45, 7) is 4.87. The largest absolute Gasteiger partial charge is 0.573 e. The molecule has 1 aromatic heterocycles. The van der Waals surface area contributed by atoms with Crippen molar-refractivity contribution in [1.29, 1.82) is 0 Å². The molecule has 1 N–H and O–H groups in total. The second-order valence-corrected chi connectivity index (χ2v) is 8.43. The number of fused-ring (bicyclic) bond motifs is 1. The van der Waals surface area contributed by atoms with Gasteiger partial charge in [0.25, 0.3) is 0 Å². The average Bonchev–Trinajstić information content (AvgIpc) is 3.23. The molecule has 0 bridgehead atoms. The summed E-state index contributed by atoms with van der Waals surface area (Å²) in [6, 6.07) is 5.74. The van der Waals surface area contributed by atoms with E-state index in [-0.39, 0.29) is 36.1 Å². The van der Waals surface area contributed by atoms with E-state index >= 15 is 0 Å². The number of nitrogens with zero attached hydrogens (tertiary/aromatic N) is 5. The number of benzene rings is 1. The molecular weight excluding hydrogens is 473 g/mol. The van der Waals surface area contributed by atoms with Gasteiger partial charge >= 0.3 is 18.2 Å². The highest BCUT2D eigenvalue weighted by atomic mass is 19.4. The van der Waals surface area contributed by atoms with Gasteiger partial charge in [-0.25, -0.2) is 0 Å². The summed E-state index contributed by atoms with van der Waals surface area (Å²) in [5, 5.41) is 13.7. The molecule has 2 aliphatic heterocycles. The molecule has 1 fully saturated rings. The van der Waals surface area contributed by atoms with Crippen LogP contribution in [0.5, 0.6) is 11.8 Å². The third-order valence-electron chi connectivity index (χ3n) is 5.79. The van der Waals surface area contributed by atoms with Crippen LogP contribution in [0.3, 0.4) is 0 Å². The standard InChI is InChI=1S/C21H25F3N6O5/c22-21(23,24)35-17-3-1-15(2-4-17)11-28-9-7-27(8-10-28)6-5-19(31)25-16-12-29-13-18(30(32)33)26-20(29)34-14-16/h1-4,13,16H,5-12,14H2,(H,25,31)/t16-/m0/s1.